The summed E-state index contributed by atoms with van der Waals surface area (Å²) in [5.74, 6) is -4.46. The number of hydrogen-bond donors (Lipinski definition) is 2. The van der Waals surface area contributed by atoms with E-state index in [4.69, 9.17) is 5.11 Å². The van der Waals surface area contributed by atoms with Crippen molar-refractivity contribution < 1.29 is 23.1 Å². The van der Waals surface area contributed by atoms with Gasteiger partial charge in [0.1, 0.15) is 29.4 Å². The number of aromatic carboxylic acids is 1. The van der Waals surface area contributed by atoms with E-state index in [1.165, 1.54) is 0 Å². The molecule has 84 valence electrons. The Kier molecular flexibility index (Phi) is 2.30. The monoisotopic (exact) mass is 230 g/mol. The molecule has 0 bridgehead atoms. The van der Waals surface area contributed by atoms with Crippen molar-refractivity contribution >= 4 is 17.0 Å². The number of H-pyrrole nitrogens is 1. The molecule has 1 heterocycles. The number of fused-ring (bicyclic) bond motifs is 1. The second kappa shape index (κ2) is 3.51. The third-order valence-electron chi connectivity index (χ3n) is 2.06. The first-order valence-corrected chi connectivity index (χ1v) is 4.20. The fourth-order valence-corrected chi connectivity index (χ4v) is 1.39. The number of alkyl halides is 1. The number of nitrogens with one attached hydrogen (secondary N) is 1. The lowest BCUT2D eigenvalue weighted by Crippen LogP contribution is -2.05. The Morgan fingerprint density at radius 1 is 1.50 bits per heavy atom. The van der Waals surface area contributed by atoms with Crippen LogP contribution < -0.4 is 0 Å². The molecule has 0 aliphatic heterocycles. The first-order chi connectivity index (χ1) is 7.54. The third-order valence-corrected chi connectivity index (χ3v) is 2.06. The highest BCUT2D eigenvalue weighted by Gasteiger charge is 2.21. The molecule has 4 nitrogen and oxygen atoms in total. The van der Waals surface area contributed by atoms with E-state index in [-0.39, 0.29) is 16.9 Å². The minimum Gasteiger partial charge on any atom is -0.477 e. The van der Waals surface area contributed by atoms with Crippen molar-refractivity contribution in [3.8, 4) is 0 Å². The number of carbonyl (C=O) groups is 1. The van der Waals surface area contributed by atoms with Crippen LogP contribution in [0.2, 0.25) is 0 Å². The second-order valence-corrected chi connectivity index (χ2v) is 3.07. The molecule has 0 saturated carbocycles. The SMILES string of the molecule is O=C(O)c1c(F)cc2[nH]c(CF)nc2c1F. The summed E-state index contributed by atoms with van der Waals surface area (Å²) in [4.78, 5) is 16.4. The molecule has 0 aliphatic carbocycles. The molecule has 0 unspecified atom stereocenters. The van der Waals surface area contributed by atoms with Gasteiger partial charge in [-0.25, -0.2) is 22.9 Å². The van der Waals surface area contributed by atoms with Gasteiger partial charge >= 0.3 is 5.97 Å². The second-order valence-electron chi connectivity index (χ2n) is 3.07. The van der Waals surface area contributed by atoms with Gasteiger partial charge in [-0.1, -0.05) is 0 Å². The normalized spacial score (nSPS) is 10.9. The van der Waals surface area contributed by atoms with Crippen LogP contribution in [-0.4, -0.2) is 21.0 Å². The third kappa shape index (κ3) is 1.40. The van der Waals surface area contributed by atoms with Gasteiger partial charge in [0, 0.05) is 6.07 Å². The number of rotatable bonds is 2. The number of carboxylic acids is 1. The molecular weight excluding hydrogens is 225 g/mol. The molecule has 7 heteroatoms. The van der Waals surface area contributed by atoms with Gasteiger partial charge in [-0.15, -0.1) is 0 Å². The minimum absolute atomic E-state index is 0.0762. The van der Waals surface area contributed by atoms with Crippen molar-refractivity contribution in [3.05, 3.63) is 29.1 Å². The Morgan fingerprint density at radius 2 is 2.19 bits per heavy atom. The van der Waals surface area contributed by atoms with E-state index < -0.39 is 29.8 Å². The van der Waals surface area contributed by atoms with Crippen molar-refractivity contribution in [3.63, 3.8) is 0 Å². The van der Waals surface area contributed by atoms with Crippen molar-refractivity contribution in [2.45, 2.75) is 6.67 Å². The molecule has 2 aromatic rings. The predicted molar refractivity (Wildman–Crippen MR) is 47.8 cm³/mol. The molecule has 0 atom stereocenters. The maximum atomic E-state index is 13.5. The van der Waals surface area contributed by atoms with E-state index in [1.54, 1.807) is 0 Å². The van der Waals surface area contributed by atoms with Crippen molar-refractivity contribution in [1.29, 1.82) is 0 Å². The number of imidazole rings is 1. The summed E-state index contributed by atoms with van der Waals surface area (Å²) in [6, 6.07) is 0.772. The summed E-state index contributed by atoms with van der Waals surface area (Å²) in [6.07, 6.45) is 0. The fourth-order valence-electron chi connectivity index (χ4n) is 1.39. The first kappa shape index (κ1) is 10.5. The minimum atomic E-state index is -1.73. The van der Waals surface area contributed by atoms with Crippen molar-refractivity contribution in [2.24, 2.45) is 0 Å². The zero-order valence-corrected chi connectivity index (χ0v) is 7.72. The van der Waals surface area contributed by atoms with Crippen LogP contribution >= 0.6 is 0 Å². The molecule has 2 N–H and O–H groups in total. The Bertz CT molecular complexity index is 580. The van der Waals surface area contributed by atoms with E-state index >= 15 is 0 Å². The van der Waals surface area contributed by atoms with E-state index in [1.807, 2.05) is 0 Å². The highest BCUT2D eigenvalue weighted by molar-refractivity contribution is 5.93. The van der Waals surface area contributed by atoms with Gasteiger partial charge in [0.25, 0.3) is 0 Å². The number of nitrogens with zero attached hydrogens (tertiary/aromatic N) is 1. The highest BCUT2D eigenvalue weighted by Crippen LogP contribution is 2.22. The van der Waals surface area contributed by atoms with Gasteiger partial charge in [-0.05, 0) is 0 Å². The van der Waals surface area contributed by atoms with E-state index in [0.29, 0.717) is 0 Å². The standard InChI is InChI=1S/C9H5F3N2O2/c10-2-5-13-4-1-3(11)6(9(15)16)7(12)8(4)14-5/h1H,2H2,(H,13,14)(H,15,16). The number of benzene rings is 1. The summed E-state index contributed by atoms with van der Waals surface area (Å²) >= 11 is 0. The molecule has 0 aliphatic rings. The summed E-state index contributed by atoms with van der Waals surface area (Å²) in [5, 5.41) is 8.58. The van der Waals surface area contributed by atoms with E-state index in [2.05, 4.69) is 9.97 Å². The van der Waals surface area contributed by atoms with Gasteiger partial charge in [-0.2, -0.15) is 0 Å². The Labute approximate surface area is 86.7 Å². The lowest BCUT2D eigenvalue weighted by molar-refractivity contribution is 0.0687. The van der Waals surface area contributed by atoms with Crippen LogP contribution in [0.1, 0.15) is 16.2 Å². The predicted octanol–water partition coefficient (Wildman–Crippen LogP) is 2.01. The van der Waals surface area contributed by atoms with Gasteiger partial charge in [0.15, 0.2) is 5.82 Å². The van der Waals surface area contributed by atoms with Crippen LogP contribution in [0.3, 0.4) is 0 Å². The quantitative estimate of drug-likeness (QED) is 0.829. The van der Waals surface area contributed by atoms with Gasteiger partial charge in [0.2, 0.25) is 0 Å². The van der Waals surface area contributed by atoms with Crippen LogP contribution in [0.25, 0.3) is 11.0 Å². The number of halogens is 3. The number of aromatic amines is 1. The van der Waals surface area contributed by atoms with Gasteiger partial charge in [-0.3, -0.25) is 0 Å². The molecule has 0 fully saturated rings. The Balaban J connectivity index is 2.81. The maximum Gasteiger partial charge on any atom is 0.341 e. The first-order valence-electron chi connectivity index (χ1n) is 4.20. The number of hydrogen-bond acceptors (Lipinski definition) is 2. The Morgan fingerprint density at radius 3 is 2.75 bits per heavy atom. The molecule has 0 amide bonds. The van der Waals surface area contributed by atoms with Gasteiger partial charge < -0.3 is 10.1 Å². The van der Waals surface area contributed by atoms with Crippen LogP contribution in [-0.2, 0) is 6.67 Å². The molecule has 1 aromatic carbocycles. The largest absolute Gasteiger partial charge is 0.477 e. The lowest BCUT2D eigenvalue weighted by atomic mass is 10.1. The molecular formula is C9H5F3N2O2. The highest BCUT2D eigenvalue weighted by atomic mass is 19.1. The maximum absolute atomic E-state index is 13.5. The number of carboxylic acid groups (broad SMARTS) is 1. The zero-order chi connectivity index (χ0) is 11.9. The summed E-state index contributed by atoms with van der Waals surface area (Å²) in [7, 11) is 0. The molecule has 0 spiro atoms. The van der Waals surface area contributed by atoms with Crippen molar-refractivity contribution in [2.75, 3.05) is 0 Å². The fraction of sp³-hybridized carbons (Fsp3) is 0.111. The summed E-state index contributed by atoms with van der Waals surface area (Å²) in [5.41, 5.74) is -1.55. The topological polar surface area (TPSA) is 66.0 Å². The zero-order valence-electron chi connectivity index (χ0n) is 7.72. The van der Waals surface area contributed by atoms with Crippen LogP contribution in [0.5, 0.6) is 0 Å². The molecule has 1 aromatic heterocycles. The smallest absolute Gasteiger partial charge is 0.341 e. The van der Waals surface area contributed by atoms with Crippen LogP contribution in [0, 0.1) is 11.6 Å². The average molecular weight is 230 g/mol. The van der Waals surface area contributed by atoms with Crippen LogP contribution in [0.15, 0.2) is 6.07 Å². The summed E-state index contributed by atoms with van der Waals surface area (Å²) in [6.45, 7) is -0.974. The molecule has 0 radical (unpaired) electrons. The average Bonchev–Trinajstić information content (AvgIpc) is 2.60. The number of aromatic nitrogens is 2. The van der Waals surface area contributed by atoms with Crippen molar-refractivity contribution in [1.82, 2.24) is 9.97 Å². The molecule has 0 saturated heterocycles. The van der Waals surface area contributed by atoms with Gasteiger partial charge in [0.05, 0.1) is 5.52 Å². The molecule has 2 rings (SSSR count). The Hall–Kier alpha value is -2.05. The van der Waals surface area contributed by atoms with Crippen LogP contribution in [0.4, 0.5) is 13.2 Å². The lowest BCUT2D eigenvalue weighted by Gasteiger charge is -1.99. The summed E-state index contributed by atoms with van der Waals surface area (Å²) < 4.78 is 38.9. The van der Waals surface area contributed by atoms with E-state index in [9.17, 15) is 18.0 Å². The van der Waals surface area contributed by atoms with E-state index in [0.717, 1.165) is 6.07 Å². The molecule has 16 heavy (non-hydrogen) atoms.